The molecular weight excluding hydrogens is 158 g/mol. The molecule has 1 heteroatoms. The molecule has 0 saturated heterocycles. The van der Waals surface area contributed by atoms with Gasteiger partial charge in [0.25, 0.3) is 0 Å². The summed E-state index contributed by atoms with van der Waals surface area (Å²) in [7, 11) is 0. The van der Waals surface area contributed by atoms with E-state index in [2.05, 4.69) is 44.5 Å². The highest BCUT2D eigenvalue weighted by Crippen LogP contribution is 2.06. The van der Waals surface area contributed by atoms with Crippen LogP contribution in [0.2, 0.25) is 0 Å². The SMILES string of the molecule is C=c1cc[nH]/c1=C/C=C(\C)C(C)C. The summed E-state index contributed by atoms with van der Waals surface area (Å²) in [4.78, 5) is 3.14. The molecule has 0 bridgehead atoms. The van der Waals surface area contributed by atoms with Gasteiger partial charge in [0.15, 0.2) is 0 Å². The topological polar surface area (TPSA) is 15.8 Å². The van der Waals surface area contributed by atoms with Gasteiger partial charge in [0.05, 0.1) is 0 Å². The van der Waals surface area contributed by atoms with Crippen molar-refractivity contribution in [3.05, 3.63) is 34.5 Å². The first-order valence-corrected chi connectivity index (χ1v) is 4.62. The molecule has 70 valence electrons. The van der Waals surface area contributed by atoms with Crippen molar-refractivity contribution in [2.24, 2.45) is 5.92 Å². The molecule has 13 heavy (non-hydrogen) atoms. The van der Waals surface area contributed by atoms with Gasteiger partial charge in [-0.05, 0) is 30.2 Å². The minimum Gasteiger partial charge on any atom is -0.361 e. The van der Waals surface area contributed by atoms with Crippen molar-refractivity contribution in [2.75, 3.05) is 0 Å². The Morgan fingerprint density at radius 2 is 2.23 bits per heavy atom. The summed E-state index contributed by atoms with van der Waals surface area (Å²) in [6.07, 6.45) is 6.13. The maximum Gasteiger partial charge on any atom is 0.0447 e. The standard InChI is InChI=1S/C12H17N/c1-9(2)10(3)5-6-12-11(4)7-8-13-12/h5-9,13H,4H2,1-3H3/b10-5+,12-6+. The highest BCUT2D eigenvalue weighted by atomic mass is 14.6. The van der Waals surface area contributed by atoms with E-state index in [0.717, 1.165) is 10.6 Å². The first-order valence-electron chi connectivity index (χ1n) is 4.62. The quantitative estimate of drug-likeness (QED) is 0.705. The van der Waals surface area contributed by atoms with Gasteiger partial charge in [0.2, 0.25) is 0 Å². The summed E-state index contributed by atoms with van der Waals surface area (Å²) < 4.78 is 0. The highest BCUT2D eigenvalue weighted by Gasteiger charge is 1.92. The fraction of sp³-hybridized carbons (Fsp3) is 0.333. The van der Waals surface area contributed by atoms with E-state index in [1.807, 2.05) is 12.3 Å². The van der Waals surface area contributed by atoms with Crippen LogP contribution in [0.15, 0.2) is 23.9 Å². The number of allylic oxidation sites excluding steroid dienone is 2. The van der Waals surface area contributed by atoms with Crippen LogP contribution in [0.5, 0.6) is 0 Å². The summed E-state index contributed by atoms with van der Waals surface area (Å²) in [6, 6.07) is 1.98. The highest BCUT2D eigenvalue weighted by molar-refractivity contribution is 5.38. The number of hydrogen-bond acceptors (Lipinski definition) is 0. The lowest BCUT2D eigenvalue weighted by Gasteiger charge is -2.01. The van der Waals surface area contributed by atoms with Crippen LogP contribution >= 0.6 is 0 Å². The molecule has 0 fully saturated rings. The van der Waals surface area contributed by atoms with Gasteiger partial charge in [-0.2, -0.15) is 0 Å². The van der Waals surface area contributed by atoms with E-state index in [0.29, 0.717) is 5.92 Å². The molecule has 0 atom stereocenters. The Morgan fingerprint density at radius 1 is 1.54 bits per heavy atom. The van der Waals surface area contributed by atoms with Gasteiger partial charge in [-0.15, -0.1) is 0 Å². The molecule has 1 aromatic heterocycles. The van der Waals surface area contributed by atoms with Crippen LogP contribution in [0, 0.1) is 5.92 Å². The van der Waals surface area contributed by atoms with E-state index < -0.39 is 0 Å². The van der Waals surface area contributed by atoms with Gasteiger partial charge in [-0.25, -0.2) is 0 Å². The predicted octanol–water partition coefficient (Wildman–Crippen LogP) is 1.81. The fourth-order valence-corrected chi connectivity index (χ4v) is 0.977. The molecule has 1 rings (SSSR count). The van der Waals surface area contributed by atoms with E-state index in [9.17, 15) is 0 Å². The second-order valence-corrected chi connectivity index (χ2v) is 3.65. The minimum atomic E-state index is 0.611. The smallest absolute Gasteiger partial charge is 0.0447 e. The molecule has 0 spiro atoms. The van der Waals surface area contributed by atoms with Crippen molar-refractivity contribution >= 4 is 12.7 Å². The molecule has 0 amide bonds. The molecule has 0 aliphatic carbocycles. The van der Waals surface area contributed by atoms with Gasteiger partial charge < -0.3 is 4.98 Å². The maximum absolute atomic E-state index is 3.91. The average molecular weight is 175 g/mol. The Labute approximate surface area is 79.5 Å². The fourth-order valence-electron chi connectivity index (χ4n) is 0.977. The van der Waals surface area contributed by atoms with Crippen molar-refractivity contribution in [2.45, 2.75) is 20.8 Å². The molecule has 0 aliphatic heterocycles. The van der Waals surface area contributed by atoms with Gasteiger partial charge in [0, 0.05) is 11.5 Å². The molecule has 1 nitrogen and oxygen atoms in total. The lowest BCUT2D eigenvalue weighted by molar-refractivity contribution is 0.770. The van der Waals surface area contributed by atoms with Crippen LogP contribution in [-0.4, -0.2) is 4.98 Å². The Bertz CT molecular complexity index is 393. The first kappa shape index (κ1) is 9.85. The third-order valence-corrected chi connectivity index (χ3v) is 2.29. The predicted molar refractivity (Wildman–Crippen MR) is 58.6 cm³/mol. The molecule has 1 heterocycles. The van der Waals surface area contributed by atoms with E-state index in [-0.39, 0.29) is 0 Å². The largest absolute Gasteiger partial charge is 0.361 e. The summed E-state index contributed by atoms with van der Waals surface area (Å²) in [6.45, 7) is 10.4. The van der Waals surface area contributed by atoms with Crippen LogP contribution in [-0.2, 0) is 0 Å². The van der Waals surface area contributed by atoms with Gasteiger partial charge >= 0.3 is 0 Å². The van der Waals surface area contributed by atoms with Crippen molar-refractivity contribution < 1.29 is 0 Å². The normalized spacial score (nSPS) is 14.2. The summed E-state index contributed by atoms with van der Waals surface area (Å²) in [5.74, 6) is 0.611. The zero-order valence-corrected chi connectivity index (χ0v) is 8.59. The van der Waals surface area contributed by atoms with Crippen molar-refractivity contribution in [1.82, 2.24) is 4.98 Å². The second kappa shape index (κ2) is 4.13. The maximum atomic E-state index is 3.91. The summed E-state index contributed by atoms with van der Waals surface area (Å²) >= 11 is 0. The number of H-pyrrole nitrogens is 1. The number of nitrogens with one attached hydrogen (secondary N) is 1. The Kier molecular flexibility index (Phi) is 3.13. The first-order chi connectivity index (χ1) is 6.11. The van der Waals surface area contributed by atoms with Crippen LogP contribution in [0.4, 0.5) is 0 Å². The van der Waals surface area contributed by atoms with Crippen LogP contribution in [0.3, 0.4) is 0 Å². The van der Waals surface area contributed by atoms with Gasteiger partial charge in [0.1, 0.15) is 0 Å². The second-order valence-electron chi connectivity index (χ2n) is 3.65. The Morgan fingerprint density at radius 3 is 2.69 bits per heavy atom. The van der Waals surface area contributed by atoms with Crippen molar-refractivity contribution in [3.8, 4) is 0 Å². The third-order valence-electron chi connectivity index (χ3n) is 2.29. The average Bonchev–Trinajstić information content (AvgIpc) is 2.47. The van der Waals surface area contributed by atoms with E-state index in [1.54, 1.807) is 0 Å². The van der Waals surface area contributed by atoms with Crippen LogP contribution < -0.4 is 10.6 Å². The van der Waals surface area contributed by atoms with Gasteiger partial charge in [-0.3, -0.25) is 0 Å². The molecule has 1 N–H and O–H groups in total. The van der Waals surface area contributed by atoms with Crippen LogP contribution in [0.1, 0.15) is 20.8 Å². The van der Waals surface area contributed by atoms with E-state index in [4.69, 9.17) is 0 Å². The van der Waals surface area contributed by atoms with E-state index >= 15 is 0 Å². The van der Waals surface area contributed by atoms with Gasteiger partial charge in [-0.1, -0.05) is 32.1 Å². The molecule has 1 aromatic rings. The number of aromatic amines is 1. The molecule has 0 aliphatic rings. The molecule has 0 saturated carbocycles. The molecule has 0 aromatic carbocycles. The molecule has 0 radical (unpaired) electrons. The zero-order chi connectivity index (χ0) is 9.84. The number of aromatic nitrogens is 1. The zero-order valence-electron chi connectivity index (χ0n) is 8.59. The molecule has 0 unspecified atom stereocenters. The summed E-state index contributed by atoms with van der Waals surface area (Å²) in [5.41, 5.74) is 1.38. The minimum absolute atomic E-state index is 0.611. The summed E-state index contributed by atoms with van der Waals surface area (Å²) in [5, 5.41) is 2.15. The Hall–Kier alpha value is -1.24. The Balaban J connectivity index is 2.98. The van der Waals surface area contributed by atoms with Crippen LogP contribution in [0.25, 0.3) is 12.7 Å². The lowest BCUT2D eigenvalue weighted by atomic mass is 10.1. The van der Waals surface area contributed by atoms with E-state index in [1.165, 1.54) is 5.57 Å². The lowest BCUT2D eigenvalue weighted by Crippen LogP contribution is -2.19. The monoisotopic (exact) mass is 175 g/mol. The molecular formula is C12H17N. The van der Waals surface area contributed by atoms with Crippen molar-refractivity contribution in [1.29, 1.82) is 0 Å². The number of rotatable bonds is 2. The van der Waals surface area contributed by atoms with Crippen molar-refractivity contribution in [3.63, 3.8) is 0 Å². The third kappa shape index (κ3) is 2.62. The number of hydrogen-bond donors (Lipinski definition) is 1.